The first kappa shape index (κ1) is 14.4. The molecule has 2 N–H and O–H groups in total. The summed E-state index contributed by atoms with van der Waals surface area (Å²) in [7, 11) is 0. The van der Waals surface area contributed by atoms with Crippen LogP contribution in [0, 0.1) is 0 Å². The molecule has 3 heteroatoms. The van der Waals surface area contributed by atoms with E-state index < -0.39 is 0 Å². The lowest BCUT2D eigenvalue weighted by Gasteiger charge is -2.25. The molecule has 106 valence electrons. The number of nitrogens with zero attached hydrogens (tertiary/aromatic N) is 1. The number of hydrogen-bond acceptors (Lipinski definition) is 3. The zero-order valence-electron chi connectivity index (χ0n) is 12.0. The van der Waals surface area contributed by atoms with E-state index in [4.69, 9.17) is 10.5 Å². The molecule has 1 aromatic rings. The Morgan fingerprint density at radius 3 is 2.53 bits per heavy atom. The van der Waals surface area contributed by atoms with Crippen LogP contribution in [-0.4, -0.2) is 25.8 Å². The van der Waals surface area contributed by atoms with Gasteiger partial charge < -0.3 is 15.4 Å². The van der Waals surface area contributed by atoms with E-state index in [1.807, 2.05) is 0 Å². The Bertz CT molecular complexity index is 360. The van der Waals surface area contributed by atoms with Crippen molar-refractivity contribution in [2.45, 2.75) is 45.2 Å². The van der Waals surface area contributed by atoms with Crippen molar-refractivity contribution in [3.8, 4) is 0 Å². The van der Waals surface area contributed by atoms with E-state index in [9.17, 15) is 0 Å². The van der Waals surface area contributed by atoms with Gasteiger partial charge in [0.15, 0.2) is 0 Å². The Kier molecular flexibility index (Phi) is 5.67. The topological polar surface area (TPSA) is 38.5 Å². The smallest absolute Gasteiger partial charge is 0.0641 e. The third-order valence-electron chi connectivity index (χ3n) is 3.61. The highest BCUT2D eigenvalue weighted by atomic mass is 16.5. The van der Waals surface area contributed by atoms with Crippen LogP contribution in [0.25, 0.3) is 0 Å². The lowest BCUT2D eigenvalue weighted by atomic mass is 10.2. The molecule has 1 aromatic carbocycles. The lowest BCUT2D eigenvalue weighted by molar-refractivity contribution is 0.137. The van der Waals surface area contributed by atoms with Gasteiger partial charge in [0, 0.05) is 31.4 Å². The molecular weight excluding hydrogens is 236 g/mol. The van der Waals surface area contributed by atoms with Gasteiger partial charge in [0.25, 0.3) is 0 Å². The van der Waals surface area contributed by atoms with Gasteiger partial charge in [-0.1, -0.05) is 25.5 Å². The van der Waals surface area contributed by atoms with Crippen LogP contribution in [0.5, 0.6) is 0 Å². The Labute approximate surface area is 116 Å². The van der Waals surface area contributed by atoms with Crippen molar-refractivity contribution in [3.05, 3.63) is 29.8 Å². The maximum Gasteiger partial charge on any atom is 0.0641 e. The number of anilines is 1. The van der Waals surface area contributed by atoms with E-state index in [2.05, 4.69) is 36.1 Å². The van der Waals surface area contributed by atoms with Gasteiger partial charge in [0.2, 0.25) is 0 Å². The minimum absolute atomic E-state index is 0.615. The fourth-order valence-corrected chi connectivity index (χ4v) is 2.24. The number of hydrogen-bond donors (Lipinski definition) is 1. The van der Waals surface area contributed by atoms with E-state index in [0.29, 0.717) is 6.54 Å². The van der Waals surface area contributed by atoms with Gasteiger partial charge in [-0.2, -0.15) is 0 Å². The van der Waals surface area contributed by atoms with Crippen molar-refractivity contribution in [3.63, 3.8) is 0 Å². The molecular formula is C16H26N2O. The number of unbranched alkanes of at least 4 members (excludes halogenated alkanes) is 1. The first-order valence-corrected chi connectivity index (χ1v) is 7.48. The van der Waals surface area contributed by atoms with Crippen molar-refractivity contribution in [1.82, 2.24) is 0 Å². The number of nitrogens with two attached hydrogens (primary N) is 1. The summed E-state index contributed by atoms with van der Waals surface area (Å²) in [6.07, 6.45) is 4.99. The van der Waals surface area contributed by atoms with Crippen LogP contribution in [0.4, 0.5) is 5.69 Å². The predicted octanol–water partition coefficient (Wildman–Crippen LogP) is 2.93. The molecule has 0 aliphatic heterocycles. The first-order valence-electron chi connectivity index (χ1n) is 7.48. The maximum atomic E-state index is 5.69. The molecule has 0 spiro atoms. The van der Waals surface area contributed by atoms with Crippen molar-refractivity contribution < 1.29 is 4.74 Å². The molecule has 0 heterocycles. The molecule has 1 aliphatic rings. The molecule has 0 aromatic heterocycles. The normalized spacial score (nSPS) is 14.6. The molecule has 2 rings (SSSR count). The molecule has 1 saturated carbocycles. The third kappa shape index (κ3) is 4.51. The molecule has 0 saturated heterocycles. The molecule has 0 amide bonds. The fourth-order valence-electron chi connectivity index (χ4n) is 2.24. The molecule has 19 heavy (non-hydrogen) atoms. The predicted molar refractivity (Wildman–Crippen MR) is 80.4 cm³/mol. The Morgan fingerprint density at radius 1 is 1.21 bits per heavy atom. The van der Waals surface area contributed by atoms with E-state index in [0.717, 1.165) is 32.2 Å². The molecule has 1 fully saturated rings. The second-order valence-electron chi connectivity index (χ2n) is 5.26. The second kappa shape index (κ2) is 7.51. The molecule has 0 atom stereocenters. The highest BCUT2D eigenvalue weighted by molar-refractivity contribution is 5.49. The Hall–Kier alpha value is -1.06. The summed E-state index contributed by atoms with van der Waals surface area (Å²) in [5, 5.41) is 0. The largest absolute Gasteiger partial charge is 0.380 e. The van der Waals surface area contributed by atoms with E-state index >= 15 is 0 Å². The van der Waals surface area contributed by atoms with E-state index in [1.165, 1.54) is 30.5 Å². The molecule has 1 aliphatic carbocycles. The fraction of sp³-hybridized carbons (Fsp3) is 0.625. The number of benzene rings is 1. The molecule has 0 radical (unpaired) electrons. The van der Waals surface area contributed by atoms with Gasteiger partial charge >= 0.3 is 0 Å². The highest BCUT2D eigenvalue weighted by Crippen LogP contribution is 2.31. The summed E-state index contributed by atoms with van der Waals surface area (Å²) in [6.45, 7) is 5.52. The summed E-state index contributed by atoms with van der Waals surface area (Å²) < 4.78 is 5.69. The van der Waals surface area contributed by atoms with Crippen LogP contribution in [0.3, 0.4) is 0 Å². The van der Waals surface area contributed by atoms with Gasteiger partial charge in [-0.25, -0.2) is 0 Å². The second-order valence-corrected chi connectivity index (χ2v) is 5.26. The third-order valence-corrected chi connectivity index (χ3v) is 3.61. The zero-order chi connectivity index (χ0) is 13.5. The standard InChI is InChI=1S/C16H26N2O/c1-2-3-11-19-12-10-18(16-8-9-16)15-6-4-14(13-17)5-7-15/h4-7,16H,2-3,8-13,17H2,1H3. The van der Waals surface area contributed by atoms with Gasteiger partial charge in [-0.15, -0.1) is 0 Å². The van der Waals surface area contributed by atoms with Crippen LogP contribution in [0.15, 0.2) is 24.3 Å². The highest BCUT2D eigenvalue weighted by Gasteiger charge is 2.28. The summed E-state index contributed by atoms with van der Waals surface area (Å²) in [5.74, 6) is 0. The minimum Gasteiger partial charge on any atom is -0.380 e. The maximum absolute atomic E-state index is 5.69. The van der Waals surface area contributed by atoms with E-state index in [-0.39, 0.29) is 0 Å². The summed E-state index contributed by atoms with van der Waals surface area (Å²) >= 11 is 0. The van der Waals surface area contributed by atoms with Gasteiger partial charge in [-0.05, 0) is 37.0 Å². The van der Waals surface area contributed by atoms with Crippen molar-refractivity contribution in [2.24, 2.45) is 5.73 Å². The monoisotopic (exact) mass is 262 g/mol. The van der Waals surface area contributed by atoms with Crippen LogP contribution in [0.1, 0.15) is 38.2 Å². The quantitative estimate of drug-likeness (QED) is 0.695. The van der Waals surface area contributed by atoms with Crippen molar-refractivity contribution in [1.29, 1.82) is 0 Å². The number of ether oxygens (including phenoxy) is 1. The average Bonchev–Trinajstić information content (AvgIpc) is 3.28. The van der Waals surface area contributed by atoms with Gasteiger partial charge in [0.1, 0.15) is 0 Å². The van der Waals surface area contributed by atoms with Crippen LogP contribution >= 0.6 is 0 Å². The Balaban J connectivity index is 1.84. The average molecular weight is 262 g/mol. The molecule has 0 bridgehead atoms. The summed E-state index contributed by atoms with van der Waals surface area (Å²) in [6, 6.07) is 9.35. The van der Waals surface area contributed by atoms with Gasteiger partial charge in [0.05, 0.1) is 6.61 Å². The van der Waals surface area contributed by atoms with Crippen LogP contribution in [-0.2, 0) is 11.3 Å². The van der Waals surface area contributed by atoms with Crippen LogP contribution in [0.2, 0.25) is 0 Å². The van der Waals surface area contributed by atoms with Crippen molar-refractivity contribution in [2.75, 3.05) is 24.7 Å². The molecule has 3 nitrogen and oxygen atoms in total. The first-order chi connectivity index (χ1) is 9.35. The SMILES string of the molecule is CCCCOCCN(c1ccc(CN)cc1)C1CC1. The summed E-state index contributed by atoms with van der Waals surface area (Å²) in [5.41, 5.74) is 8.14. The minimum atomic E-state index is 0.615. The van der Waals surface area contributed by atoms with Crippen molar-refractivity contribution >= 4 is 5.69 Å². The lowest BCUT2D eigenvalue weighted by Crippen LogP contribution is -2.29. The number of rotatable bonds is 9. The molecule has 0 unspecified atom stereocenters. The Morgan fingerprint density at radius 2 is 1.95 bits per heavy atom. The van der Waals surface area contributed by atoms with E-state index in [1.54, 1.807) is 0 Å². The zero-order valence-corrected chi connectivity index (χ0v) is 12.0. The summed E-state index contributed by atoms with van der Waals surface area (Å²) in [4.78, 5) is 2.48. The van der Waals surface area contributed by atoms with Gasteiger partial charge in [-0.3, -0.25) is 0 Å². The van der Waals surface area contributed by atoms with Crippen LogP contribution < -0.4 is 10.6 Å².